The maximum Gasteiger partial charge on any atom is 0.229 e. The first-order valence-electron chi connectivity index (χ1n) is 9.83. The molecule has 0 saturated carbocycles. The average Bonchev–Trinajstić information content (AvgIpc) is 2.77. The van der Waals surface area contributed by atoms with Crippen LogP contribution in [0.15, 0.2) is 60.8 Å². The molecule has 0 unspecified atom stereocenters. The molecule has 0 atom stereocenters. The quantitative estimate of drug-likeness (QED) is 0.625. The zero-order chi connectivity index (χ0) is 19.9. The van der Waals surface area contributed by atoms with Gasteiger partial charge in [0, 0.05) is 25.0 Å². The lowest BCUT2D eigenvalue weighted by atomic mass is 10.2. The highest BCUT2D eigenvalue weighted by Crippen LogP contribution is 2.29. The molecule has 150 valence electrons. The summed E-state index contributed by atoms with van der Waals surface area (Å²) in [5.74, 6) is 2.10. The lowest BCUT2D eigenvalue weighted by Crippen LogP contribution is -2.36. The second kappa shape index (κ2) is 9.25. The molecule has 1 aromatic heterocycles. The first-order valence-corrected chi connectivity index (χ1v) is 9.83. The maximum absolute atomic E-state index is 5.48. The monoisotopic (exact) mass is 391 g/mol. The number of anilines is 5. The minimum absolute atomic E-state index is 0.531. The Hall–Kier alpha value is -3.32. The van der Waals surface area contributed by atoms with Gasteiger partial charge in [0.1, 0.15) is 11.6 Å². The Morgan fingerprint density at radius 3 is 2.59 bits per heavy atom. The van der Waals surface area contributed by atoms with Gasteiger partial charge in [-0.2, -0.15) is 4.98 Å². The Balaban J connectivity index is 1.48. The number of benzene rings is 2. The second-order valence-electron chi connectivity index (χ2n) is 6.59. The van der Waals surface area contributed by atoms with Gasteiger partial charge in [-0.25, -0.2) is 4.98 Å². The molecule has 1 fully saturated rings. The van der Waals surface area contributed by atoms with Crippen molar-refractivity contribution in [2.45, 2.75) is 6.92 Å². The number of nitrogens with one attached hydrogen (secondary N) is 2. The summed E-state index contributed by atoms with van der Waals surface area (Å²) in [6.45, 7) is 5.88. The molecule has 3 aromatic rings. The van der Waals surface area contributed by atoms with E-state index in [4.69, 9.17) is 9.47 Å². The van der Waals surface area contributed by atoms with Gasteiger partial charge in [0.2, 0.25) is 5.95 Å². The summed E-state index contributed by atoms with van der Waals surface area (Å²) < 4.78 is 11.0. The largest absolute Gasteiger partial charge is 0.494 e. The lowest BCUT2D eigenvalue weighted by Gasteiger charge is -2.30. The summed E-state index contributed by atoms with van der Waals surface area (Å²) in [6.07, 6.45) is 1.74. The van der Waals surface area contributed by atoms with Crippen LogP contribution in [-0.2, 0) is 4.74 Å². The van der Waals surface area contributed by atoms with Gasteiger partial charge in [0.25, 0.3) is 0 Å². The number of ether oxygens (including phenoxy) is 2. The third kappa shape index (κ3) is 4.94. The van der Waals surface area contributed by atoms with Crippen LogP contribution in [0, 0.1) is 0 Å². The Morgan fingerprint density at radius 2 is 1.79 bits per heavy atom. The van der Waals surface area contributed by atoms with Crippen molar-refractivity contribution in [3.63, 3.8) is 0 Å². The van der Waals surface area contributed by atoms with E-state index in [0.717, 1.165) is 54.9 Å². The third-order valence-corrected chi connectivity index (χ3v) is 4.60. The highest BCUT2D eigenvalue weighted by molar-refractivity contribution is 5.74. The minimum Gasteiger partial charge on any atom is -0.494 e. The molecular formula is C22H25N5O2. The summed E-state index contributed by atoms with van der Waals surface area (Å²) in [5.41, 5.74) is 3.06. The second-order valence-corrected chi connectivity index (χ2v) is 6.59. The molecule has 7 nitrogen and oxygen atoms in total. The number of aromatic nitrogens is 2. The van der Waals surface area contributed by atoms with E-state index in [0.29, 0.717) is 12.6 Å². The van der Waals surface area contributed by atoms with Crippen molar-refractivity contribution in [1.82, 2.24) is 9.97 Å². The van der Waals surface area contributed by atoms with Crippen LogP contribution in [0.25, 0.3) is 0 Å². The predicted molar refractivity (Wildman–Crippen MR) is 116 cm³/mol. The SMILES string of the molecule is CCOc1ccc(Nc2nccc(Nc3ccccc3N3CCOCC3)n2)cc1. The number of para-hydroxylation sites is 2. The molecule has 2 aromatic carbocycles. The summed E-state index contributed by atoms with van der Waals surface area (Å²) in [5, 5.41) is 6.66. The van der Waals surface area contributed by atoms with Gasteiger partial charge in [-0.05, 0) is 49.4 Å². The number of hydrogen-bond donors (Lipinski definition) is 2. The molecule has 1 aliphatic heterocycles. The van der Waals surface area contributed by atoms with Crippen LogP contribution in [0.4, 0.5) is 28.8 Å². The fourth-order valence-corrected chi connectivity index (χ4v) is 3.22. The molecule has 1 saturated heterocycles. The highest BCUT2D eigenvalue weighted by Gasteiger charge is 2.14. The Kier molecular flexibility index (Phi) is 6.07. The van der Waals surface area contributed by atoms with E-state index in [1.54, 1.807) is 6.20 Å². The Labute approximate surface area is 170 Å². The smallest absolute Gasteiger partial charge is 0.229 e. The van der Waals surface area contributed by atoms with Gasteiger partial charge in [-0.15, -0.1) is 0 Å². The zero-order valence-electron chi connectivity index (χ0n) is 16.5. The standard InChI is InChI=1S/C22H25N5O2/c1-2-29-18-9-7-17(8-10-18)24-22-23-12-11-21(26-22)25-19-5-3-4-6-20(19)27-13-15-28-16-14-27/h3-12H,2,13-16H2,1H3,(H2,23,24,25,26). The first-order chi connectivity index (χ1) is 14.3. The molecule has 0 spiro atoms. The topological polar surface area (TPSA) is 71.5 Å². The van der Waals surface area contributed by atoms with Gasteiger partial charge < -0.3 is 25.0 Å². The van der Waals surface area contributed by atoms with Crippen LogP contribution in [0.5, 0.6) is 5.75 Å². The van der Waals surface area contributed by atoms with Crippen LogP contribution >= 0.6 is 0 Å². The van der Waals surface area contributed by atoms with Gasteiger partial charge in [0.15, 0.2) is 0 Å². The number of rotatable bonds is 7. The number of nitrogens with zero attached hydrogens (tertiary/aromatic N) is 3. The Morgan fingerprint density at radius 1 is 1.00 bits per heavy atom. The van der Waals surface area contributed by atoms with Gasteiger partial charge in [-0.3, -0.25) is 0 Å². The maximum atomic E-state index is 5.48. The molecular weight excluding hydrogens is 366 g/mol. The van der Waals surface area contributed by atoms with E-state index in [1.807, 2.05) is 43.3 Å². The van der Waals surface area contributed by atoms with Crippen LogP contribution in [0.2, 0.25) is 0 Å². The summed E-state index contributed by atoms with van der Waals surface area (Å²) in [4.78, 5) is 11.3. The average molecular weight is 391 g/mol. The van der Waals surface area contributed by atoms with Crippen molar-refractivity contribution in [3.05, 3.63) is 60.8 Å². The zero-order valence-corrected chi connectivity index (χ0v) is 16.5. The molecule has 0 bridgehead atoms. The summed E-state index contributed by atoms with van der Waals surface area (Å²) in [7, 11) is 0. The van der Waals surface area contributed by atoms with Gasteiger partial charge >= 0.3 is 0 Å². The van der Waals surface area contributed by atoms with E-state index in [-0.39, 0.29) is 0 Å². The molecule has 2 heterocycles. The summed E-state index contributed by atoms with van der Waals surface area (Å²) in [6, 6.07) is 17.9. The molecule has 0 aliphatic carbocycles. The van der Waals surface area contributed by atoms with Crippen LogP contribution < -0.4 is 20.3 Å². The number of morpholine rings is 1. The van der Waals surface area contributed by atoms with Gasteiger partial charge in [0.05, 0.1) is 31.2 Å². The lowest BCUT2D eigenvalue weighted by molar-refractivity contribution is 0.123. The van der Waals surface area contributed by atoms with E-state index in [2.05, 4.69) is 43.7 Å². The van der Waals surface area contributed by atoms with Crippen LogP contribution in [0.1, 0.15) is 6.92 Å². The minimum atomic E-state index is 0.531. The Bertz CT molecular complexity index is 926. The highest BCUT2D eigenvalue weighted by atomic mass is 16.5. The van der Waals surface area contributed by atoms with Crippen molar-refractivity contribution in [2.24, 2.45) is 0 Å². The van der Waals surface area contributed by atoms with Crippen molar-refractivity contribution in [1.29, 1.82) is 0 Å². The van der Waals surface area contributed by atoms with E-state index >= 15 is 0 Å². The van der Waals surface area contributed by atoms with Crippen molar-refractivity contribution in [2.75, 3.05) is 48.4 Å². The van der Waals surface area contributed by atoms with E-state index in [9.17, 15) is 0 Å². The first kappa shape index (κ1) is 19.0. The molecule has 7 heteroatoms. The van der Waals surface area contributed by atoms with E-state index in [1.165, 1.54) is 0 Å². The molecule has 0 amide bonds. The summed E-state index contributed by atoms with van der Waals surface area (Å²) >= 11 is 0. The van der Waals surface area contributed by atoms with Crippen molar-refractivity contribution < 1.29 is 9.47 Å². The fourth-order valence-electron chi connectivity index (χ4n) is 3.22. The van der Waals surface area contributed by atoms with Gasteiger partial charge in [-0.1, -0.05) is 12.1 Å². The van der Waals surface area contributed by atoms with E-state index < -0.39 is 0 Å². The number of hydrogen-bond acceptors (Lipinski definition) is 7. The molecule has 2 N–H and O–H groups in total. The third-order valence-electron chi connectivity index (χ3n) is 4.60. The van der Waals surface area contributed by atoms with Crippen LogP contribution in [-0.4, -0.2) is 42.9 Å². The van der Waals surface area contributed by atoms with Crippen molar-refractivity contribution in [3.8, 4) is 5.75 Å². The molecule has 0 radical (unpaired) electrons. The molecule has 1 aliphatic rings. The normalized spacial score (nSPS) is 13.8. The van der Waals surface area contributed by atoms with Crippen LogP contribution in [0.3, 0.4) is 0 Å². The predicted octanol–water partition coefficient (Wildman–Crippen LogP) is 4.20. The molecule has 4 rings (SSSR count). The fraction of sp³-hybridized carbons (Fsp3) is 0.273. The molecule has 29 heavy (non-hydrogen) atoms. The van der Waals surface area contributed by atoms with Crippen molar-refractivity contribution >= 4 is 28.8 Å².